The summed E-state index contributed by atoms with van der Waals surface area (Å²) < 4.78 is 5.55. The molecule has 2 rings (SSSR count). The highest BCUT2D eigenvalue weighted by molar-refractivity contribution is 5.30. The van der Waals surface area contributed by atoms with Gasteiger partial charge in [-0.1, -0.05) is 47.5 Å². The molecular formula is C16H18O2. The van der Waals surface area contributed by atoms with Crippen molar-refractivity contribution >= 4 is 0 Å². The van der Waals surface area contributed by atoms with Crippen molar-refractivity contribution in [1.82, 2.24) is 0 Å². The van der Waals surface area contributed by atoms with Crippen LogP contribution in [-0.4, -0.2) is 11.7 Å². The van der Waals surface area contributed by atoms with Crippen LogP contribution >= 0.6 is 0 Å². The van der Waals surface area contributed by atoms with Crippen molar-refractivity contribution < 1.29 is 9.84 Å². The molecule has 0 fully saturated rings. The lowest BCUT2D eigenvalue weighted by Crippen LogP contribution is -2.10. The molecule has 0 saturated heterocycles. The average Bonchev–Trinajstić information content (AvgIpc) is 2.36. The average molecular weight is 242 g/mol. The molecule has 0 radical (unpaired) electrons. The van der Waals surface area contributed by atoms with Gasteiger partial charge in [-0.15, -0.1) is 0 Å². The molecule has 94 valence electrons. The van der Waals surface area contributed by atoms with E-state index in [9.17, 15) is 5.11 Å². The van der Waals surface area contributed by atoms with Crippen LogP contribution in [0, 0.1) is 13.8 Å². The predicted molar refractivity (Wildman–Crippen MR) is 72.8 cm³/mol. The first-order valence-electron chi connectivity index (χ1n) is 6.09. The lowest BCUT2D eigenvalue weighted by molar-refractivity contribution is 0.108. The van der Waals surface area contributed by atoms with Gasteiger partial charge in [0.2, 0.25) is 0 Å². The Kier molecular flexibility index (Phi) is 4.00. The fourth-order valence-electron chi connectivity index (χ4n) is 1.99. The molecule has 18 heavy (non-hydrogen) atoms. The lowest BCUT2D eigenvalue weighted by atomic mass is 10.0. The van der Waals surface area contributed by atoms with Crippen molar-refractivity contribution in [2.75, 3.05) is 6.61 Å². The molecule has 1 unspecified atom stereocenters. The Labute approximate surface area is 108 Å². The molecule has 2 aromatic carbocycles. The zero-order valence-corrected chi connectivity index (χ0v) is 10.8. The Balaban J connectivity index is 2.01. The fourth-order valence-corrected chi connectivity index (χ4v) is 1.99. The smallest absolute Gasteiger partial charge is 0.119 e. The van der Waals surface area contributed by atoms with E-state index >= 15 is 0 Å². The van der Waals surface area contributed by atoms with Gasteiger partial charge in [-0.05, 0) is 31.5 Å². The Morgan fingerprint density at radius 3 is 2.22 bits per heavy atom. The monoisotopic (exact) mass is 242 g/mol. The maximum atomic E-state index is 10.1. The normalized spacial score (nSPS) is 12.2. The number of aliphatic hydroxyl groups excluding tert-OH is 1. The Bertz CT molecular complexity index is 486. The molecule has 0 amide bonds. The van der Waals surface area contributed by atoms with Gasteiger partial charge in [0.1, 0.15) is 18.5 Å². The van der Waals surface area contributed by atoms with E-state index in [4.69, 9.17) is 4.74 Å². The molecule has 0 aliphatic rings. The molecule has 1 N–H and O–H groups in total. The van der Waals surface area contributed by atoms with E-state index in [1.807, 2.05) is 56.3 Å². The van der Waals surface area contributed by atoms with E-state index in [0.717, 1.165) is 22.4 Å². The third-order valence-corrected chi connectivity index (χ3v) is 2.78. The summed E-state index contributed by atoms with van der Waals surface area (Å²) in [5, 5.41) is 10.1. The minimum atomic E-state index is -0.594. The maximum Gasteiger partial charge on any atom is 0.119 e. The van der Waals surface area contributed by atoms with Gasteiger partial charge in [0, 0.05) is 0 Å². The molecule has 2 heteroatoms. The second-order valence-electron chi connectivity index (χ2n) is 4.56. The summed E-state index contributed by atoms with van der Waals surface area (Å²) in [7, 11) is 0. The Morgan fingerprint density at radius 1 is 1.00 bits per heavy atom. The molecule has 0 aliphatic carbocycles. The number of aliphatic hydroxyl groups is 1. The van der Waals surface area contributed by atoms with Gasteiger partial charge in [0.05, 0.1) is 0 Å². The molecule has 2 nitrogen and oxygen atoms in total. The minimum absolute atomic E-state index is 0.271. The molecule has 0 aliphatic heterocycles. The first kappa shape index (κ1) is 12.7. The first-order chi connectivity index (χ1) is 8.65. The third kappa shape index (κ3) is 3.34. The minimum Gasteiger partial charge on any atom is -0.491 e. The number of hydrogen-bond donors (Lipinski definition) is 1. The zero-order valence-electron chi connectivity index (χ0n) is 10.8. The van der Waals surface area contributed by atoms with Crippen LogP contribution < -0.4 is 4.74 Å². The largest absolute Gasteiger partial charge is 0.491 e. The third-order valence-electron chi connectivity index (χ3n) is 2.78. The Hall–Kier alpha value is -1.80. The molecule has 0 bridgehead atoms. The van der Waals surface area contributed by atoms with E-state index in [0.29, 0.717) is 0 Å². The van der Waals surface area contributed by atoms with E-state index in [1.165, 1.54) is 0 Å². The van der Waals surface area contributed by atoms with Crippen LogP contribution in [0.1, 0.15) is 22.8 Å². The lowest BCUT2D eigenvalue weighted by Gasteiger charge is -2.14. The summed E-state index contributed by atoms with van der Waals surface area (Å²) in [6.07, 6.45) is -0.594. The quantitative estimate of drug-likeness (QED) is 0.890. The van der Waals surface area contributed by atoms with Crippen molar-refractivity contribution in [3.63, 3.8) is 0 Å². The number of rotatable bonds is 4. The molecular weight excluding hydrogens is 224 g/mol. The summed E-state index contributed by atoms with van der Waals surface area (Å²) in [6, 6.07) is 15.6. The molecule has 0 saturated carbocycles. The van der Waals surface area contributed by atoms with Crippen LogP contribution in [0.5, 0.6) is 5.75 Å². The SMILES string of the molecule is Cc1cc(C)cc(C(O)COc2ccccc2)c1. The predicted octanol–water partition coefficient (Wildman–Crippen LogP) is 3.42. The van der Waals surface area contributed by atoms with Crippen molar-refractivity contribution in [1.29, 1.82) is 0 Å². The van der Waals surface area contributed by atoms with Crippen molar-refractivity contribution in [3.8, 4) is 5.75 Å². The number of benzene rings is 2. The highest BCUT2D eigenvalue weighted by atomic mass is 16.5. The Morgan fingerprint density at radius 2 is 1.61 bits per heavy atom. The number of para-hydroxylation sites is 1. The van der Waals surface area contributed by atoms with E-state index in [2.05, 4.69) is 6.07 Å². The van der Waals surface area contributed by atoms with Crippen molar-refractivity contribution in [2.45, 2.75) is 20.0 Å². The molecule has 2 aromatic rings. The summed E-state index contributed by atoms with van der Waals surface area (Å²) in [6.45, 7) is 4.33. The fraction of sp³-hybridized carbons (Fsp3) is 0.250. The molecule has 0 heterocycles. The van der Waals surface area contributed by atoms with Crippen LogP contribution in [-0.2, 0) is 0 Å². The van der Waals surface area contributed by atoms with Gasteiger partial charge in [0.25, 0.3) is 0 Å². The second kappa shape index (κ2) is 5.69. The summed E-state index contributed by atoms with van der Waals surface area (Å²) in [5.41, 5.74) is 3.22. The van der Waals surface area contributed by atoms with Gasteiger partial charge in [-0.2, -0.15) is 0 Å². The van der Waals surface area contributed by atoms with Crippen molar-refractivity contribution in [3.05, 3.63) is 65.2 Å². The summed E-state index contributed by atoms with van der Waals surface area (Å²) >= 11 is 0. The van der Waals surface area contributed by atoms with Crippen LogP contribution in [0.4, 0.5) is 0 Å². The van der Waals surface area contributed by atoms with E-state index < -0.39 is 6.10 Å². The summed E-state index contributed by atoms with van der Waals surface area (Å²) in [5.74, 6) is 0.779. The molecule has 1 atom stereocenters. The number of hydrogen-bond acceptors (Lipinski definition) is 2. The number of aryl methyl sites for hydroxylation is 2. The van der Waals surface area contributed by atoms with Gasteiger partial charge < -0.3 is 9.84 Å². The van der Waals surface area contributed by atoms with Crippen LogP contribution in [0.25, 0.3) is 0 Å². The van der Waals surface area contributed by atoms with E-state index in [1.54, 1.807) is 0 Å². The van der Waals surface area contributed by atoms with Crippen molar-refractivity contribution in [2.24, 2.45) is 0 Å². The highest BCUT2D eigenvalue weighted by Crippen LogP contribution is 2.18. The highest BCUT2D eigenvalue weighted by Gasteiger charge is 2.09. The van der Waals surface area contributed by atoms with Crippen LogP contribution in [0.15, 0.2) is 48.5 Å². The molecule has 0 spiro atoms. The van der Waals surface area contributed by atoms with Gasteiger partial charge in [-0.3, -0.25) is 0 Å². The zero-order chi connectivity index (χ0) is 13.0. The number of ether oxygens (including phenoxy) is 1. The summed E-state index contributed by atoms with van der Waals surface area (Å²) in [4.78, 5) is 0. The second-order valence-corrected chi connectivity index (χ2v) is 4.56. The molecule has 0 aromatic heterocycles. The van der Waals surface area contributed by atoms with E-state index in [-0.39, 0.29) is 6.61 Å². The maximum absolute atomic E-state index is 10.1. The van der Waals surface area contributed by atoms with Gasteiger partial charge >= 0.3 is 0 Å². The van der Waals surface area contributed by atoms with Crippen LogP contribution in [0.3, 0.4) is 0 Å². The topological polar surface area (TPSA) is 29.5 Å². The first-order valence-corrected chi connectivity index (χ1v) is 6.09. The standard InChI is InChI=1S/C16H18O2/c1-12-8-13(2)10-14(9-12)16(17)11-18-15-6-4-3-5-7-15/h3-10,16-17H,11H2,1-2H3. The van der Waals surface area contributed by atoms with Crippen LogP contribution in [0.2, 0.25) is 0 Å². The van der Waals surface area contributed by atoms with Gasteiger partial charge in [-0.25, -0.2) is 0 Å². The van der Waals surface area contributed by atoms with Gasteiger partial charge in [0.15, 0.2) is 0 Å².